The number of carbonyl (C=O) groups is 1. The highest BCUT2D eigenvalue weighted by Crippen LogP contribution is 2.35. The van der Waals surface area contributed by atoms with E-state index < -0.39 is 5.97 Å². The van der Waals surface area contributed by atoms with Gasteiger partial charge in [0.2, 0.25) is 0 Å². The summed E-state index contributed by atoms with van der Waals surface area (Å²) in [6.07, 6.45) is 0. The first kappa shape index (κ1) is 14.8. The summed E-state index contributed by atoms with van der Waals surface area (Å²) >= 11 is 0. The smallest absolute Gasteiger partial charge is 0.308 e. The van der Waals surface area contributed by atoms with E-state index in [9.17, 15) is 9.90 Å². The molecule has 22 heavy (non-hydrogen) atoms. The number of carboxylic acids is 1. The van der Waals surface area contributed by atoms with E-state index in [1.54, 1.807) is 0 Å². The molecule has 0 saturated carbocycles. The third-order valence-electron chi connectivity index (χ3n) is 4.55. The van der Waals surface area contributed by atoms with E-state index in [0.717, 1.165) is 13.1 Å². The molecule has 1 heterocycles. The van der Waals surface area contributed by atoms with Crippen LogP contribution >= 0.6 is 0 Å². The van der Waals surface area contributed by atoms with Crippen LogP contribution in [0.3, 0.4) is 0 Å². The molecule has 0 aliphatic carbocycles. The zero-order valence-corrected chi connectivity index (χ0v) is 12.8. The number of carboxylic acid groups (broad SMARTS) is 1. The van der Waals surface area contributed by atoms with E-state index in [-0.39, 0.29) is 11.8 Å². The highest BCUT2D eigenvalue weighted by atomic mass is 16.4. The van der Waals surface area contributed by atoms with Crippen LogP contribution in [0.25, 0.3) is 0 Å². The molecule has 0 spiro atoms. The Morgan fingerprint density at radius 1 is 1.09 bits per heavy atom. The standard InChI is InChI=1S/C19H21NO2/c1-14-7-5-6-10-16(14)17-12-20(13-18(17)19(21)22)11-15-8-3-2-4-9-15/h2-10,17-18H,11-13H2,1H3,(H,21,22)/t17-,18+/m1/s1. The van der Waals surface area contributed by atoms with E-state index in [1.807, 2.05) is 30.3 Å². The third-order valence-corrected chi connectivity index (χ3v) is 4.55. The quantitative estimate of drug-likeness (QED) is 0.941. The Bertz CT molecular complexity index is 653. The normalized spacial score (nSPS) is 21.9. The van der Waals surface area contributed by atoms with Gasteiger partial charge < -0.3 is 5.11 Å². The summed E-state index contributed by atoms with van der Waals surface area (Å²) in [5, 5.41) is 9.59. The fourth-order valence-corrected chi connectivity index (χ4v) is 3.42. The Labute approximate surface area is 131 Å². The maximum atomic E-state index is 11.7. The van der Waals surface area contributed by atoms with Crippen molar-refractivity contribution in [1.82, 2.24) is 4.90 Å². The summed E-state index contributed by atoms with van der Waals surface area (Å²) in [5.74, 6) is -0.948. The Kier molecular flexibility index (Phi) is 4.25. The number of aryl methyl sites for hydroxylation is 1. The minimum absolute atomic E-state index is 0.0717. The van der Waals surface area contributed by atoms with Crippen LogP contribution in [0.15, 0.2) is 54.6 Å². The van der Waals surface area contributed by atoms with Crippen LogP contribution in [-0.2, 0) is 11.3 Å². The van der Waals surface area contributed by atoms with Crippen molar-refractivity contribution in [2.75, 3.05) is 13.1 Å². The van der Waals surface area contributed by atoms with Crippen LogP contribution in [0.1, 0.15) is 22.6 Å². The number of hydrogen-bond acceptors (Lipinski definition) is 2. The van der Waals surface area contributed by atoms with Crippen molar-refractivity contribution in [3.05, 3.63) is 71.3 Å². The summed E-state index contributed by atoms with van der Waals surface area (Å²) in [7, 11) is 0. The molecule has 114 valence electrons. The lowest BCUT2D eigenvalue weighted by Gasteiger charge is -2.18. The fourth-order valence-electron chi connectivity index (χ4n) is 3.42. The molecule has 0 amide bonds. The van der Waals surface area contributed by atoms with E-state index in [0.29, 0.717) is 6.54 Å². The van der Waals surface area contributed by atoms with Gasteiger partial charge in [0.1, 0.15) is 0 Å². The van der Waals surface area contributed by atoms with Crippen molar-refractivity contribution in [3.63, 3.8) is 0 Å². The molecule has 2 aromatic rings. The summed E-state index contributed by atoms with van der Waals surface area (Å²) < 4.78 is 0. The van der Waals surface area contributed by atoms with Gasteiger partial charge in [0.15, 0.2) is 0 Å². The zero-order valence-electron chi connectivity index (χ0n) is 12.8. The molecule has 1 aliphatic heterocycles. The third kappa shape index (κ3) is 3.04. The fraction of sp³-hybridized carbons (Fsp3) is 0.316. The number of hydrogen-bond donors (Lipinski definition) is 1. The van der Waals surface area contributed by atoms with Gasteiger partial charge in [-0.2, -0.15) is 0 Å². The Balaban J connectivity index is 1.81. The summed E-state index contributed by atoms with van der Waals surface area (Å²) in [6, 6.07) is 18.4. The summed E-state index contributed by atoms with van der Waals surface area (Å²) in [5.41, 5.74) is 3.59. The highest BCUT2D eigenvalue weighted by molar-refractivity contribution is 5.72. The van der Waals surface area contributed by atoms with Gasteiger partial charge in [-0.3, -0.25) is 9.69 Å². The molecule has 1 N–H and O–H groups in total. The molecule has 1 fully saturated rings. The van der Waals surface area contributed by atoms with Crippen molar-refractivity contribution in [2.45, 2.75) is 19.4 Å². The van der Waals surface area contributed by atoms with Crippen LogP contribution in [0.5, 0.6) is 0 Å². The Morgan fingerprint density at radius 2 is 1.77 bits per heavy atom. The molecule has 0 unspecified atom stereocenters. The van der Waals surface area contributed by atoms with Crippen LogP contribution in [0.4, 0.5) is 0 Å². The van der Waals surface area contributed by atoms with Crippen molar-refractivity contribution >= 4 is 5.97 Å². The lowest BCUT2D eigenvalue weighted by molar-refractivity contribution is -0.141. The molecule has 2 aromatic carbocycles. The lowest BCUT2D eigenvalue weighted by atomic mass is 9.86. The molecule has 1 saturated heterocycles. The van der Waals surface area contributed by atoms with Gasteiger partial charge in [-0.15, -0.1) is 0 Å². The van der Waals surface area contributed by atoms with E-state index >= 15 is 0 Å². The molecule has 0 bridgehead atoms. The second kappa shape index (κ2) is 6.32. The van der Waals surface area contributed by atoms with Crippen molar-refractivity contribution in [2.24, 2.45) is 5.92 Å². The number of rotatable bonds is 4. The first-order valence-corrected chi connectivity index (χ1v) is 7.70. The van der Waals surface area contributed by atoms with E-state index in [4.69, 9.17) is 0 Å². The van der Waals surface area contributed by atoms with Gasteiger partial charge in [0, 0.05) is 25.6 Å². The number of nitrogens with zero attached hydrogens (tertiary/aromatic N) is 1. The van der Waals surface area contributed by atoms with Gasteiger partial charge in [-0.05, 0) is 23.6 Å². The average Bonchev–Trinajstić information content (AvgIpc) is 2.92. The van der Waals surface area contributed by atoms with Crippen molar-refractivity contribution < 1.29 is 9.90 Å². The van der Waals surface area contributed by atoms with E-state index in [1.165, 1.54) is 16.7 Å². The van der Waals surface area contributed by atoms with Gasteiger partial charge >= 0.3 is 5.97 Å². The maximum Gasteiger partial charge on any atom is 0.308 e. The van der Waals surface area contributed by atoms with Crippen LogP contribution < -0.4 is 0 Å². The maximum absolute atomic E-state index is 11.7. The second-order valence-corrected chi connectivity index (χ2v) is 6.09. The Morgan fingerprint density at radius 3 is 2.45 bits per heavy atom. The van der Waals surface area contributed by atoms with Crippen LogP contribution in [0.2, 0.25) is 0 Å². The minimum Gasteiger partial charge on any atom is -0.481 e. The molecule has 0 radical (unpaired) electrons. The van der Waals surface area contributed by atoms with Gasteiger partial charge in [-0.25, -0.2) is 0 Å². The van der Waals surface area contributed by atoms with E-state index in [2.05, 4.69) is 36.1 Å². The van der Waals surface area contributed by atoms with Crippen molar-refractivity contribution in [1.29, 1.82) is 0 Å². The molecule has 2 atom stereocenters. The van der Waals surface area contributed by atoms with Crippen LogP contribution in [-0.4, -0.2) is 29.1 Å². The zero-order chi connectivity index (χ0) is 15.5. The van der Waals surface area contributed by atoms with Gasteiger partial charge in [0.05, 0.1) is 5.92 Å². The monoisotopic (exact) mass is 295 g/mol. The van der Waals surface area contributed by atoms with Gasteiger partial charge in [0.25, 0.3) is 0 Å². The molecule has 3 heteroatoms. The molecule has 1 aliphatic rings. The molecule has 3 rings (SSSR count). The number of benzene rings is 2. The van der Waals surface area contributed by atoms with Gasteiger partial charge in [-0.1, -0.05) is 54.6 Å². The SMILES string of the molecule is Cc1ccccc1[C@H]1CN(Cc2ccccc2)C[C@@H]1C(=O)O. The van der Waals surface area contributed by atoms with Crippen molar-refractivity contribution in [3.8, 4) is 0 Å². The molecule has 3 nitrogen and oxygen atoms in total. The minimum atomic E-state index is -0.691. The first-order valence-electron chi connectivity index (χ1n) is 7.70. The number of aliphatic carboxylic acids is 1. The molecular weight excluding hydrogens is 274 g/mol. The predicted molar refractivity (Wildman–Crippen MR) is 86.8 cm³/mol. The van der Waals surface area contributed by atoms with Crippen LogP contribution in [0, 0.1) is 12.8 Å². The topological polar surface area (TPSA) is 40.5 Å². The first-order chi connectivity index (χ1) is 10.6. The largest absolute Gasteiger partial charge is 0.481 e. The molecule has 0 aromatic heterocycles. The second-order valence-electron chi connectivity index (χ2n) is 6.09. The molecular formula is C19H21NO2. The Hall–Kier alpha value is -2.13. The number of likely N-dealkylation sites (tertiary alicyclic amines) is 1. The summed E-state index contributed by atoms with van der Waals surface area (Å²) in [4.78, 5) is 13.9. The average molecular weight is 295 g/mol. The highest BCUT2D eigenvalue weighted by Gasteiger charge is 2.38. The predicted octanol–water partition coefficient (Wildman–Crippen LogP) is 3.30. The lowest BCUT2D eigenvalue weighted by Crippen LogP contribution is -2.23. The summed E-state index contributed by atoms with van der Waals surface area (Å²) in [6.45, 7) is 4.29.